The Kier molecular flexibility index (Phi) is 3.54. The van der Waals surface area contributed by atoms with Gasteiger partial charge in [-0.15, -0.1) is 0 Å². The lowest BCUT2D eigenvalue weighted by atomic mass is 9.68. The Morgan fingerprint density at radius 3 is 2.53 bits per heavy atom. The maximum Gasteiger partial charge on any atom is 0.155 e. The van der Waals surface area contributed by atoms with E-state index in [2.05, 4.69) is 32.9 Å². The lowest BCUT2D eigenvalue weighted by Crippen LogP contribution is -2.26. The smallest absolute Gasteiger partial charge is 0.155 e. The Labute approximate surface area is 93.3 Å². The summed E-state index contributed by atoms with van der Waals surface area (Å²) in [7, 11) is 0. The number of hydrogen-bond acceptors (Lipinski definition) is 1. The summed E-state index contributed by atoms with van der Waals surface area (Å²) in [4.78, 5) is 11.2. The van der Waals surface area contributed by atoms with E-state index in [1.165, 1.54) is 18.4 Å². The van der Waals surface area contributed by atoms with E-state index in [0.29, 0.717) is 5.92 Å². The average Bonchev–Trinajstić information content (AvgIpc) is 2.10. The standard InChI is InChI=1S/C14H22O/c1-10-7-6-8-14(4,5)13(10)9-11(2)12(3)15/h7,9,13H,6,8H2,1-5H3/t13-/m0/s1. The lowest BCUT2D eigenvalue weighted by Gasteiger charge is -2.37. The number of Topliss-reactive ketones (excluding diaryl/α,β-unsaturated/α-hetero) is 1. The zero-order chi connectivity index (χ0) is 11.6. The van der Waals surface area contributed by atoms with Crippen molar-refractivity contribution >= 4 is 5.78 Å². The summed E-state index contributed by atoms with van der Waals surface area (Å²) in [6, 6.07) is 0. The van der Waals surface area contributed by atoms with E-state index in [-0.39, 0.29) is 11.2 Å². The summed E-state index contributed by atoms with van der Waals surface area (Å²) in [5.74, 6) is 0.610. The van der Waals surface area contributed by atoms with E-state index in [4.69, 9.17) is 0 Å². The van der Waals surface area contributed by atoms with Crippen LogP contribution in [0.5, 0.6) is 0 Å². The fourth-order valence-electron chi connectivity index (χ4n) is 2.30. The Morgan fingerprint density at radius 1 is 1.47 bits per heavy atom. The zero-order valence-corrected chi connectivity index (χ0v) is 10.6. The molecular formula is C14H22O. The minimum absolute atomic E-state index is 0.184. The molecule has 0 fully saturated rings. The number of hydrogen-bond donors (Lipinski definition) is 0. The van der Waals surface area contributed by atoms with Crippen LogP contribution < -0.4 is 0 Å². The Morgan fingerprint density at radius 2 is 2.07 bits per heavy atom. The molecule has 0 saturated carbocycles. The summed E-state index contributed by atoms with van der Waals surface area (Å²) in [6.07, 6.45) is 6.83. The van der Waals surface area contributed by atoms with Crippen molar-refractivity contribution in [2.75, 3.05) is 0 Å². The molecule has 0 unspecified atom stereocenters. The first-order valence-electron chi connectivity index (χ1n) is 5.70. The van der Waals surface area contributed by atoms with Crippen LogP contribution in [0.3, 0.4) is 0 Å². The topological polar surface area (TPSA) is 17.1 Å². The molecule has 1 aliphatic carbocycles. The van der Waals surface area contributed by atoms with Gasteiger partial charge >= 0.3 is 0 Å². The molecule has 1 heteroatoms. The normalized spacial score (nSPS) is 26.1. The largest absolute Gasteiger partial charge is 0.295 e. The first kappa shape index (κ1) is 12.2. The van der Waals surface area contributed by atoms with Crippen LogP contribution in [0.1, 0.15) is 47.5 Å². The number of allylic oxidation sites excluding steroid dienone is 4. The van der Waals surface area contributed by atoms with Gasteiger partial charge in [0.2, 0.25) is 0 Å². The molecule has 0 spiro atoms. The van der Waals surface area contributed by atoms with E-state index in [9.17, 15) is 4.79 Å². The Bertz CT molecular complexity index is 318. The molecule has 0 saturated heterocycles. The molecule has 0 aromatic heterocycles. The molecule has 0 bridgehead atoms. The van der Waals surface area contributed by atoms with Crippen LogP contribution in [0.4, 0.5) is 0 Å². The third kappa shape index (κ3) is 2.80. The van der Waals surface area contributed by atoms with Gasteiger partial charge in [-0.05, 0) is 44.6 Å². The van der Waals surface area contributed by atoms with Crippen LogP contribution in [0.2, 0.25) is 0 Å². The SMILES string of the molecule is CC(=O)C(C)=C[C@H]1C(C)=CCCC1(C)C. The van der Waals surface area contributed by atoms with Gasteiger partial charge in [0, 0.05) is 5.92 Å². The maximum atomic E-state index is 11.2. The summed E-state index contributed by atoms with van der Waals surface area (Å²) in [5.41, 5.74) is 2.59. The monoisotopic (exact) mass is 206 g/mol. The number of rotatable bonds is 2. The van der Waals surface area contributed by atoms with Crippen LogP contribution in [0.15, 0.2) is 23.3 Å². The Hall–Kier alpha value is -0.850. The third-order valence-electron chi connectivity index (χ3n) is 3.56. The van der Waals surface area contributed by atoms with Crippen molar-refractivity contribution in [3.8, 4) is 0 Å². The molecule has 84 valence electrons. The second-order valence-electron chi connectivity index (χ2n) is 5.36. The number of carbonyl (C=O) groups is 1. The van der Waals surface area contributed by atoms with Crippen LogP contribution in [-0.4, -0.2) is 5.78 Å². The molecule has 0 aromatic rings. The van der Waals surface area contributed by atoms with Gasteiger partial charge in [0.05, 0.1) is 0 Å². The molecule has 1 atom stereocenters. The highest BCUT2D eigenvalue weighted by atomic mass is 16.1. The molecule has 0 amide bonds. The summed E-state index contributed by atoms with van der Waals surface area (Å²) in [5, 5.41) is 0. The fraction of sp³-hybridized carbons (Fsp3) is 0.643. The van der Waals surface area contributed by atoms with Crippen molar-refractivity contribution in [2.45, 2.75) is 47.5 Å². The first-order valence-corrected chi connectivity index (χ1v) is 5.70. The molecule has 1 nitrogen and oxygen atoms in total. The molecule has 1 aliphatic rings. The maximum absolute atomic E-state index is 11.2. The predicted molar refractivity (Wildman–Crippen MR) is 64.7 cm³/mol. The molecule has 0 N–H and O–H groups in total. The van der Waals surface area contributed by atoms with Gasteiger partial charge in [-0.3, -0.25) is 4.79 Å². The van der Waals surface area contributed by atoms with Crippen LogP contribution in [-0.2, 0) is 4.79 Å². The number of ketones is 1. The van der Waals surface area contributed by atoms with Crippen molar-refractivity contribution in [3.63, 3.8) is 0 Å². The highest BCUT2D eigenvalue weighted by molar-refractivity contribution is 5.92. The van der Waals surface area contributed by atoms with Gasteiger partial charge in [0.15, 0.2) is 5.78 Å². The summed E-state index contributed by atoms with van der Waals surface area (Å²) >= 11 is 0. The lowest BCUT2D eigenvalue weighted by molar-refractivity contribution is -0.113. The van der Waals surface area contributed by atoms with Crippen LogP contribution >= 0.6 is 0 Å². The predicted octanol–water partition coefficient (Wildman–Crippen LogP) is 3.90. The minimum atomic E-state index is 0.184. The van der Waals surface area contributed by atoms with Gasteiger partial charge in [0.25, 0.3) is 0 Å². The van der Waals surface area contributed by atoms with E-state index in [0.717, 1.165) is 5.57 Å². The first-order chi connectivity index (χ1) is 6.84. The third-order valence-corrected chi connectivity index (χ3v) is 3.56. The molecule has 0 radical (unpaired) electrons. The summed E-state index contributed by atoms with van der Waals surface area (Å²) in [6.45, 7) is 10.3. The Balaban J connectivity index is 3.00. The van der Waals surface area contributed by atoms with Gasteiger partial charge < -0.3 is 0 Å². The number of carbonyl (C=O) groups excluding carboxylic acids is 1. The van der Waals surface area contributed by atoms with Crippen LogP contribution in [0, 0.1) is 11.3 Å². The van der Waals surface area contributed by atoms with Crippen molar-refractivity contribution in [2.24, 2.45) is 11.3 Å². The van der Waals surface area contributed by atoms with Gasteiger partial charge in [0.1, 0.15) is 0 Å². The van der Waals surface area contributed by atoms with Gasteiger partial charge in [-0.1, -0.05) is 31.6 Å². The highest BCUT2D eigenvalue weighted by Gasteiger charge is 2.31. The van der Waals surface area contributed by atoms with Crippen molar-refractivity contribution in [3.05, 3.63) is 23.3 Å². The molecule has 15 heavy (non-hydrogen) atoms. The van der Waals surface area contributed by atoms with Crippen molar-refractivity contribution in [1.29, 1.82) is 0 Å². The molecule has 0 heterocycles. The van der Waals surface area contributed by atoms with Crippen LogP contribution in [0.25, 0.3) is 0 Å². The second-order valence-corrected chi connectivity index (χ2v) is 5.36. The zero-order valence-electron chi connectivity index (χ0n) is 10.6. The molecule has 0 aromatic carbocycles. The average molecular weight is 206 g/mol. The van der Waals surface area contributed by atoms with E-state index in [1.807, 2.05) is 6.92 Å². The quantitative estimate of drug-likeness (QED) is 0.494. The molecular weight excluding hydrogens is 184 g/mol. The van der Waals surface area contributed by atoms with E-state index >= 15 is 0 Å². The highest BCUT2D eigenvalue weighted by Crippen LogP contribution is 2.42. The molecule has 1 rings (SSSR count). The minimum Gasteiger partial charge on any atom is -0.295 e. The van der Waals surface area contributed by atoms with Crippen molar-refractivity contribution in [1.82, 2.24) is 0 Å². The summed E-state index contributed by atoms with van der Waals surface area (Å²) < 4.78 is 0. The van der Waals surface area contributed by atoms with Gasteiger partial charge in [-0.25, -0.2) is 0 Å². The van der Waals surface area contributed by atoms with E-state index in [1.54, 1.807) is 6.92 Å². The molecule has 0 aliphatic heterocycles. The fourth-order valence-corrected chi connectivity index (χ4v) is 2.30. The van der Waals surface area contributed by atoms with E-state index < -0.39 is 0 Å². The van der Waals surface area contributed by atoms with Gasteiger partial charge in [-0.2, -0.15) is 0 Å². The second kappa shape index (κ2) is 4.34. The van der Waals surface area contributed by atoms with Crippen molar-refractivity contribution < 1.29 is 4.79 Å².